The van der Waals surface area contributed by atoms with Crippen molar-refractivity contribution < 1.29 is 9.53 Å². The van der Waals surface area contributed by atoms with Gasteiger partial charge < -0.3 is 19.5 Å². The van der Waals surface area contributed by atoms with E-state index < -0.39 is 0 Å². The van der Waals surface area contributed by atoms with Gasteiger partial charge in [0.1, 0.15) is 11.9 Å². The number of morpholine rings is 1. The predicted molar refractivity (Wildman–Crippen MR) is 94.4 cm³/mol. The molecule has 7 heteroatoms. The van der Waals surface area contributed by atoms with Crippen LogP contribution in [-0.4, -0.2) is 47.1 Å². The lowest BCUT2D eigenvalue weighted by Gasteiger charge is -2.33. The summed E-state index contributed by atoms with van der Waals surface area (Å²) in [6.45, 7) is 1.90. The van der Waals surface area contributed by atoms with Crippen molar-refractivity contribution in [2.75, 3.05) is 32.1 Å². The van der Waals surface area contributed by atoms with E-state index in [0.717, 1.165) is 11.5 Å². The molecule has 1 amide bonds. The Morgan fingerprint density at radius 1 is 1.32 bits per heavy atom. The summed E-state index contributed by atoms with van der Waals surface area (Å²) in [7, 11) is 1.81. The molecule has 132 valence electrons. The van der Waals surface area contributed by atoms with E-state index in [1.807, 2.05) is 25.2 Å². The molecule has 0 aromatic carbocycles. The van der Waals surface area contributed by atoms with Crippen LogP contribution < -0.4 is 10.9 Å². The highest BCUT2D eigenvalue weighted by Gasteiger charge is 2.26. The topological polar surface area (TPSA) is 76.5 Å². The van der Waals surface area contributed by atoms with Gasteiger partial charge in [0.15, 0.2) is 0 Å². The summed E-state index contributed by atoms with van der Waals surface area (Å²) in [5, 5.41) is 3.00. The van der Waals surface area contributed by atoms with Crippen molar-refractivity contribution in [2.45, 2.75) is 19.1 Å². The fourth-order valence-electron chi connectivity index (χ4n) is 2.84. The molecule has 0 radical (unpaired) electrons. The number of hydrogen-bond donors (Lipinski definition) is 1. The van der Waals surface area contributed by atoms with Crippen LogP contribution in [0.5, 0.6) is 0 Å². The molecule has 0 aliphatic carbocycles. The molecule has 3 rings (SSSR count). The minimum absolute atomic E-state index is 0.0221. The molecule has 0 saturated carbocycles. The molecule has 1 fully saturated rings. The monoisotopic (exact) mass is 342 g/mol. The molecule has 0 spiro atoms. The summed E-state index contributed by atoms with van der Waals surface area (Å²) in [6.07, 6.45) is 1.76. The molecule has 3 heterocycles. The van der Waals surface area contributed by atoms with E-state index in [9.17, 15) is 9.59 Å². The van der Waals surface area contributed by atoms with Gasteiger partial charge in [-0.15, -0.1) is 0 Å². The predicted octanol–water partition coefficient (Wildman–Crippen LogP) is 1.28. The van der Waals surface area contributed by atoms with E-state index in [2.05, 4.69) is 10.3 Å². The third kappa shape index (κ3) is 4.24. The molecule has 25 heavy (non-hydrogen) atoms. The Morgan fingerprint density at radius 2 is 2.20 bits per heavy atom. The van der Waals surface area contributed by atoms with Crippen LogP contribution in [0, 0.1) is 0 Å². The minimum Gasteiger partial charge on any atom is -0.373 e. The van der Waals surface area contributed by atoms with E-state index >= 15 is 0 Å². The quantitative estimate of drug-likeness (QED) is 0.886. The lowest BCUT2D eigenvalue weighted by Crippen LogP contribution is -2.43. The number of ether oxygens (including phenoxy) is 1. The molecule has 1 atom stereocenters. The molecule has 2 aromatic rings. The second-order valence-corrected chi connectivity index (χ2v) is 5.88. The van der Waals surface area contributed by atoms with Crippen LogP contribution in [0.2, 0.25) is 0 Å². The molecule has 1 aliphatic rings. The van der Waals surface area contributed by atoms with E-state index in [4.69, 9.17) is 4.74 Å². The molecule has 1 saturated heterocycles. The Hall–Kier alpha value is -2.67. The Kier molecular flexibility index (Phi) is 5.45. The van der Waals surface area contributed by atoms with Gasteiger partial charge in [-0.25, -0.2) is 4.98 Å². The van der Waals surface area contributed by atoms with Crippen LogP contribution in [0.15, 0.2) is 47.4 Å². The second-order valence-electron chi connectivity index (χ2n) is 5.88. The first-order chi connectivity index (χ1) is 12.2. The summed E-state index contributed by atoms with van der Waals surface area (Å²) in [6, 6.07) is 10.7. The Balaban J connectivity index is 1.61. The van der Waals surface area contributed by atoms with E-state index in [1.165, 1.54) is 6.07 Å². The van der Waals surface area contributed by atoms with Gasteiger partial charge in [-0.05, 0) is 18.2 Å². The van der Waals surface area contributed by atoms with Crippen molar-refractivity contribution in [3.63, 3.8) is 0 Å². The Labute approximate surface area is 146 Å². The molecule has 1 N–H and O–H groups in total. The number of carbonyl (C=O) groups excluding carboxylic acids is 1. The fraction of sp³-hybridized carbons (Fsp3) is 0.389. The first-order valence-electron chi connectivity index (χ1n) is 8.37. The number of carbonyl (C=O) groups is 1. The largest absolute Gasteiger partial charge is 0.373 e. The molecule has 0 bridgehead atoms. The van der Waals surface area contributed by atoms with Crippen molar-refractivity contribution in [1.82, 2.24) is 14.5 Å². The van der Waals surface area contributed by atoms with Gasteiger partial charge in [0, 0.05) is 38.8 Å². The molecular formula is C18H22N4O3. The highest BCUT2D eigenvalue weighted by Crippen LogP contribution is 2.22. The number of nitrogens with zero attached hydrogens (tertiary/aromatic N) is 3. The lowest BCUT2D eigenvalue weighted by molar-refractivity contribution is -0.139. The summed E-state index contributed by atoms with van der Waals surface area (Å²) in [4.78, 5) is 30.5. The molecule has 0 unspecified atom stereocenters. The zero-order chi connectivity index (χ0) is 17.6. The zero-order valence-corrected chi connectivity index (χ0v) is 14.2. The molecule has 1 aliphatic heterocycles. The highest BCUT2D eigenvalue weighted by molar-refractivity contribution is 5.76. The normalized spacial score (nSPS) is 17.3. The van der Waals surface area contributed by atoms with Gasteiger partial charge in [0.2, 0.25) is 5.91 Å². The summed E-state index contributed by atoms with van der Waals surface area (Å²) in [5.41, 5.74) is 0.715. The SMILES string of the molecule is CNc1cccc([C@H]2CN(C(=O)CCn3ccccc3=O)CCO2)n1. The number of aromatic nitrogens is 2. The number of anilines is 1. The molecule has 2 aromatic heterocycles. The third-order valence-corrected chi connectivity index (χ3v) is 4.24. The average molecular weight is 342 g/mol. The Morgan fingerprint density at radius 3 is 3.00 bits per heavy atom. The molecular weight excluding hydrogens is 320 g/mol. The minimum atomic E-state index is -0.231. The number of hydrogen-bond acceptors (Lipinski definition) is 5. The van der Waals surface area contributed by atoms with Gasteiger partial charge in [-0.1, -0.05) is 12.1 Å². The maximum Gasteiger partial charge on any atom is 0.250 e. The van der Waals surface area contributed by atoms with Crippen molar-refractivity contribution in [3.8, 4) is 0 Å². The lowest BCUT2D eigenvalue weighted by atomic mass is 10.1. The smallest absolute Gasteiger partial charge is 0.250 e. The van der Waals surface area contributed by atoms with Gasteiger partial charge >= 0.3 is 0 Å². The van der Waals surface area contributed by atoms with E-state index in [-0.39, 0.29) is 17.6 Å². The summed E-state index contributed by atoms with van der Waals surface area (Å²) < 4.78 is 7.34. The van der Waals surface area contributed by atoms with Crippen LogP contribution >= 0.6 is 0 Å². The van der Waals surface area contributed by atoms with Crippen molar-refractivity contribution in [3.05, 3.63) is 58.6 Å². The first kappa shape index (κ1) is 17.2. The highest BCUT2D eigenvalue weighted by atomic mass is 16.5. The average Bonchev–Trinajstić information content (AvgIpc) is 2.67. The van der Waals surface area contributed by atoms with Crippen molar-refractivity contribution in [2.24, 2.45) is 0 Å². The van der Waals surface area contributed by atoms with Gasteiger partial charge in [0.05, 0.1) is 18.8 Å². The van der Waals surface area contributed by atoms with Crippen LogP contribution in [0.1, 0.15) is 18.2 Å². The van der Waals surface area contributed by atoms with Gasteiger partial charge in [-0.3, -0.25) is 9.59 Å². The standard InChI is InChI=1S/C18H22N4O3/c1-19-16-6-4-5-14(20-16)15-13-22(11-12-25-15)18(24)8-10-21-9-3-2-7-17(21)23/h2-7,9,15H,8,10-13H2,1H3,(H,19,20)/t15-/m1/s1. The van der Waals surface area contributed by atoms with Crippen LogP contribution in [0.3, 0.4) is 0 Å². The van der Waals surface area contributed by atoms with Gasteiger partial charge in [0.25, 0.3) is 5.56 Å². The fourth-order valence-corrected chi connectivity index (χ4v) is 2.84. The van der Waals surface area contributed by atoms with E-state index in [0.29, 0.717) is 32.7 Å². The molecule has 7 nitrogen and oxygen atoms in total. The summed E-state index contributed by atoms with van der Waals surface area (Å²) >= 11 is 0. The van der Waals surface area contributed by atoms with Crippen LogP contribution in [-0.2, 0) is 16.1 Å². The number of pyridine rings is 2. The second kappa shape index (κ2) is 7.94. The first-order valence-corrected chi connectivity index (χ1v) is 8.37. The van der Waals surface area contributed by atoms with Crippen LogP contribution in [0.4, 0.5) is 5.82 Å². The summed E-state index contributed by atoms with van der Waals surface area (Å²) in [5.74, 6) is 0.793. The number of amides is 1. The third-order valence-electron chi connectivity index (χ3n) is 4.24. The maximum absolute atomic E-state index is 12.5. The number of nitrogens with one attached hydrogen (secondary N) is 1. The Bertz CT molecular complexity index is 790. The zero-order valence-electron chi connectivity index (χ0n) is 14.2. The number of rotatable bonds is 5. The van der Waals surface area contributed by atoms with Gasteiger partial charge in [-0.2, -0.15) is 0 Å². The van der Waals surface area contributed by atoms with Crippen molar-refractivity contribution >= 4 is 11.7 Å². The maximum atomic E-state index is 12.5. The van der Waals surface area contributed by atoms with Crippen molar-refractivity contribution in [1.29, 1.82) is 0 Å². The van der Waals surface area contributed by atoms with Crippen LogP contribution in [0.25, 0.3) is 0 Å². The van der Waals surface area contributed by atoms with E-state index in [1.54, 1.807) is 27.8 Å². The number of aryl methyl sites for hydroxylation is 1.